The van der Waals surface area contributed by atoms with Crippen molar-refractivity contribution >= 4 is 5.97 Å². The molecule has 120 valence electrons. The summed E-state index contributed by atoms with van der Waals surface area (Å²) in [6.45, 7) is 7.91. The second-order valence-corrected chi connectivity index (χ2v) is 4.56. The average Bonchev–Trinajstić information content (AvgIpc) is 2.57. The van der Waals surface area contributed by atoms with Gasteiger partial charge in [-0.05, 0) is 54.8 Å². The van der Waals surface area contributed by atoms with Crippen LogP contribution in [0.2, 0.25) is 0 Å². The second-order valence-electron chi connectivity index (χ2n) is 4.56. The molecule has 23 heavy (non-hydrogen) atoms. The van der Waals surface area contributed by atoms with Crippen LogP contribution in [0.1, 0.15) is 42.3 Å². The number of rotatable bonds is 3. The topological polar surface area (TPSA) is 50.1 Å². The van der Waals surface area contributed by atoms with Crippen LogP contribution in [0.4, 0.5) is 4.39 Å². The van der Waals surface area contributed by atoms with Gasteiger partial charge in [0.15, 0.2) is 0 Å². The van der Waals surface area contributed by atoms with Crippen molar-refractivity contribution in [3.63, 3.8) is 0 Å². The van der Waals surface area contributed by atoms with Gasteiger partial charge in [-0.3, -0.25) is 0 Å². The van der Waals surface area contributed by atoms with E-state index in [9.17, 15) is 9.18 Å². The van der Waals surface area contributed by atoms with Gasteiger partial charge in [0.2, 0.25) is 0 Å². The van der Waals surface area contributed by atoms with Crippen molar-refractivity contribution in [3.05, 3.63) is 58.9 Å². The highest BCUT2D eigenvalue weighted by atomic mass is 19.1. The first-order valence-corrected chi connectivity index (χ1v) is 7.54. The van der Waals surface area contributed by atoms with E-state index in [2.05, 4.69) is 0 Å². The third-order valence-electron chi connectivity index (χ3n) is 3.15. The number of carbonyl (C=O) groups excluding carboxylic acids is 1. The van der Waals surface area contributed by atoms with Gasteiger partial charge in [-0.1, -0.05) is 26.0 Å². The Kier molecular flexibility index (Phi) is 6.95. The zero-order chi connectivity index (χ0) is 17.4. The molecular formula is C19H20FNO2. The molecule has 0 heterocycles. The Morgan fingerprint density at radius 1 is 1.22 bits per heavy atom. The van der Waals surface area contributed by atoms with E-state index in [-0.39, 0.29) is 5.56 Å². The quantitative estimate of drug-likeness (QED) is 0.759. The molecule has 0 atom stereocenters. The van der Waals surface area contributed by atoms with Gasteiger partial charge < -0.3 is 4.74 Å². The highest BCUT2D eigenvalue weighted by Gasteiger charge is 2.11. The molecule has 0 amide bonds. The molecule has 4 heteroatoms. The van der Waals surface area contributed by atoms with Gasteiger partial charge in [0.05, 0.1) is 17.7 Å². The van der Waals surface area contributed by atoms with E-state index in [4.69, 9.17) is 10.00 Å². The van der Waals surface area contributed by atoms with Crippen molar-refractivity contribution in [1.82, 2.24) is 0 Å². The van der Waals surface area contributed by atoms with Crippen LogP contribution in [-0.4, -0.2) is 12.6 Å². The lowest BCUT2D eigenvalue weighted by molar-refractivity contribution is 0.0526. The maximum atomic E-state index is 13.7. The molecule has 0 bridgehead atoms. The first-order chi connectivity index (χ1) is 11.1. The van der Waals surface area contributed by atoms with Gasteiger partial charge in [0.25, 0.3) is 0 Å². The lowest BCUT2D eigenvalue weighted by Crippen LogP contribution is -2.05. The van der Waals surface area contributed by atoms with Crippen LogP contribution in [0, 0.1) is 24.1 Å². The number of aryl methyl sites for hydroxylation is 1. The molecule has 0 aliphatic heterocycles. The number of halogens is 1. The fraction of sp³-hybridized carbons (Fsp3) is 0.263. The Balaban J connectivity index is 0.00000127. The molecule has 3 nitrogen and oxygen atoms in total. The summed E-state index contributed by atoms with van der Waals surface area (Å²) < 4.78 is 18.7. The summed E-state index contributed by atoms with van der Waals surface area (Å²) in [5, 5.41) is 8.76. The molecule has 0 fully saturated rings. The number of carbonyl (C=O) groups is 1. The van der Waals surface area contributed by atoms with Gasteiger partial charge in [0.1, 0.15) is 11.9 Å². The predicted molar refractivity (Wildman–Crippen MR) is 88.6 cm³/mol. The minimum atomic E-state index is -0.573. The fourth-order valence-corrected chi connectivity index (χ4v) is 2.05. The van der Waals surface area contributed by atoms with Crippen molar-refractivity contribution in [2.45, 2.75) is 27.7 Å². The molecule has 0 aliphatic carbocycles. The molecule has 2 aromatic rings. The summed E-state index contributed by atoms with van der Waals surface area (Å²) in [7, 11) is 0. The summed E-state index contributed by atoms with van der Waals surface area (Å²) in [5.41, 5.74) is 2.69. The molecular weight excluding hydrogens is 293 g/mol. The Hall–Kier alpha value is -2.67. The average molecular weight is 313 g/mol. The molecule has 0 radical (unpaired) electrons. The zero-order valence-electron chi connectivity index (χ0n) is 13.8. The van der Waals surface area contributed by atoms with Crippen LogP contribution >= 0.6 is 0 Å². The van der Waals surface area contributed by atoms with Crippen LogP contribution < -0.4 is 0 Å². The SMILES string of the molecule is CC.CCOC(=O)c1ccc(C)c(-c2ccc(C#N)c(F)c2)c1. The van der Waals surface area contributed by atoms with E-state index >= 15 is 0 Å². The van der Waals surface area contributed by atoms with Crippen molar-refractivity contribution in [2.24, 2.45) is 0 Å². The fourth-order valence-electron chi connectivity index (χ4n) is 2.05. The lowest BCUT2D eigenvalue weighted by Gasteiger charge is -2.09. The number of hydrogen-bond donors (Lipinski definition) is 0. The van der Waals surface area contributed by atoms with Crippen molar-refractivity contribution in [3.8, 4) is 17.2 Å². The minimum absolute atomic E-state index is 0.00190. The Morgan fingerprint density at radius 3 is 2.48 bits per heavy atom. The Morgan fingerprint density at radius 2 is 1.91 bits per heavy atom. The van der Waals surface area contributed by atoms with Crippen molar-refractivity contribution < 1.29 is 13.9 Å². The van der Waals surface area contributed by atoms with Crippen LogP contribution in [0.3, 0.4) is 0 Å². The molecule has 0 N–H and O–H groups in total. The normalized spacial score (nSPS) is 9.39. The van der Waals surface area contributed by atoms with Gasteiger partial charge in [-0.2, -0.15) is 5.26 Å². The molecule has 0 aromatic heterocycles. The van der Waals surface area contributed by atoms with Crippen molar-refractivity contribution in [1.29, 1.82) is 5.26 Å². The van der Waals surface area contributed by atoms with Crippen LogP contribution in [0.25, 0.3) is 11.1 Å². The van der Waals surface area contributed by atoms with E-state index in [1.54, 1.807) is 37.3 Å². The highest BCUT2D eigenvalue weighted by molar-refractivity contribution is 5.91. The molecule has 0 spiro atoms. The van der Waals surface area contributed by atoms with E-state index in [0.717, 1.165) is 11.1 Å². The van der Waals surface area contributed by atoms with Gasteiger partial charge in [0, 0.05) is 0 Å². The van der Waals surface area contributed by atoms with Crippen LogP contribution in [0.5, 0.6) is 0 Å². The number of hydrogen-bond acceptors (Lipinski definition) is 3. The van der Waals surface area contributed by atoms with E-state index in [1.807, 2.05) is 20.8 Å². The maximum Gasteiger partial charge on any atom is 0.338 e. The monoisotopic (exact) mass is 313 g/mol. The number of ether oxygens (including phenoxy) is 1. The van der Waals surface area contributed by atoms with Crippen molar-refractivity contribution in [2.75, 3.05) is 6.61 Å². The molecule has 0 unspecified atom stereocenters. The zero-order valence-corrected chi connectivity index (χ0v) is 13.8. The number of benzene rings is 2. The van der Waals surface area contributed by atoms with Crippen LogP contribution in [0.15, 0.2) is 36.4 Å². The first-order valence-electron chi connectivity index (χ1n) is 7.54. The molecule has 0 saturated heterocycles. The number of nitriles is 1. The van der Waals surface area contributed by atoms with Gasteiger partial charge in [-0.15, -0.1) is 0 Å². The molecule has 0 aliphatic rings. The largest absolute Gasteiger partial charge is 0.462 e. The highest BCUT2D eigenvalue weighted by Crippen LogP contribution is 2.26. The standard InChI is InChI=1S/C17H14FNO2.C2H6/c1-3-21-17(20)13-5-4-11(2)15(8-13)12-6-7-14(10-19)16(18)9-12;1-2/h4-9H,3H2,1-2H3;1-2H3. The predicted octanol–water partition coefficient (Wildman–Crippen LogP) is 4.88. The molecule has 0 saturated carbocycles. The Labute approximate surface area is 136 Å². The summed E-state index contributed by atoms with van der Waals surface area (Å²) >= 11 is 0. The smallest absolute Gasteiger partial charge is 0.338 e. The third kappa shape index (κ3) is 4.40. The van der Waals surface area contributed by atoms with Gasteiger partial charge >= 0.3 is 5.97 Å². The summed E-state index contributed by atoms with van der Waals surface area (Å²) in [4.78, 5) is 11.8. The maximum absolute atomic E-state index is 13.7. The first kappa shape index (κ1) is 18.4. The van der Waals surface area contributed by atoms with Gasteiger partial charge in [-0.25, -0.2) is 9.18 Å². The summed E-state index contributed by atoms with van der Waals surface area (Å²) in [6.07, 6.45) is 0. The molecule has 2 rings (SSSR count). The van der Waals surface area contributed by atoms with E-state index in [0.29, 0.717) is 17.7 Å². The summed E-state index contributed by atoms with van der Waals surface area (Å²) in [6, 6.07) is 11.3. The summed E-state index contributed by atoms with van der Waals surface area (Å²) in [5.74, 6) is -0.983. The third-order valence-corrected chi connectivity index (χ3v) is 3.15. The number of nitrogens with zero attached hydrogens (tertiary/aromatic N) is 1. The van der Waals surface area contributed by atoms with Crippen LogP contribution in [-0.2, 0) is 4.74 Å². The van der Waals surface area contributed by atoms with E-state index < -0.39 is 11.8 Å². The molecule has 2 aromatic carbocycles. The van der Waals surface area contributed by atoms with E-state index in [1.165, 1.54) is 12.1 Å². The number of esters is 1. The second kappa shape index (κ2) is 8.70. The lowest BCUT2D eigenvalue weighted by atomic mass is 9.97. The Bertz CT molecular complexity index is 733. The minimum Gasteiger partial charge on any atom is -0.462 e.